The van der Waals surface area contributed by atoms with E-state index in [2.05, 4.69) is 38.4 Å². The summed E-state index contributed by atoms with van der Waals surface area (Å²) < 4.78 is 6.12. The second-order valence-electron chi connectivity index (χ2n) is 6.49. The minimum absolute atomic E-state index is 0.363. The molecule has 2 aromatic rings. The highest BCUT2D eigenvalue weighted by Gasteiger charge is 2.36. The Morgan fingerprint density at radius 2 is 2.22 bits per heavy atom. The van der Waals surface area contributed by atoms with Crippen LogP contribution in [0.25, 0.3) is 0 Å². The number of nitrogens with zero attached hydrogens (tertiary/aromatic N) is 3. The Morgan fingerprint density at radius 3 is 3.04 bits per heavy atom. The summed E-state index contributed by atoms with van der Waals surface area (Å²) in [5, 5.41) is 2.17. The fourth-order valence-corrected chi connectivity index (χ4v) is 4.39. The molecule has 0 spiro atoms. The molecule has 0 aliphatic carbocycles. The normalized spacial score (nSPS) is 25.6. The number of piperazine rings is 1. The quantitative estimate of drug-likeness (QED) is 0.843. The number of hydrogen-bond donors (Lipinski definition) is 0. The monoisotopic (exact) mass is 329 g/mol. The van der Waals surface area contributed by atoms with Crippen LogP contribution in [0.15, 0.2) is 42.0 Å². The first-order valence-electron chi connectivity index (χ1n) is 8.36. The molecule has 2 saturated heterocycles. The van der Waals surface area contributed by atoms with Crippen molar-refractivity contribution in [2.24, 2.45) is 0 Å². The zero-order valence-corrected chi connectivity index (χ0v) is 14.1. The Labute approximate surface area is 141 Å². The summed E-state index contributed by atoms with van der Waals surface area (Å²) in [6.07, 6.45) is 5.22. The van der Waals surface area contributed by atoms with Crippen LogP contribution in [0, 0.1) is 0 Å². The topological polar surface area (TPSA) is 28.6 Å². The molecule has 0 aromatic carbocycles. The molecule has 0 radical (unpaired) electrons. The molecule has 2 aliphatic heterocycles. The van der Waals surface area contributed by atoms with Gasteiger partial charge in [-0.3, -0.25) is 14.8 Å². The lowest BCUT2D eigenvalue weighted by Crippen LogP contribution is -2.49. The Bertz CT molecular complexity index is 604. The van der Waals surface area contributed by atoms with Crippen LogP contribution in [-0.4, -0.2) is 53.1 Å². The molecule has 2 aromatic heterocycles. The molecule has 4 heterocycles. The summed E-state index contributed by atoms with van der Waals surface area (Å²) in [6, 6.07) is 9.10. The van der Waals surface area contributed by atoms with Crippen LogP contribution in [0.2, 0.25) is 0 Å². The molecule has 23 heavy (non-hydrogen) atoms. The van der Waals surface area contributed by atoms with Gasteiger partial charge in [0.1, 0.15) is 0 Å². The number of aromatic nitrogens is 1. The zero-order valence-electron chi connectivity index (χ0n) is 13.3. The second-order valence-corrected chi connectivity index (χ2v) is 7.53. The molecule has 0 unspecified atom stereocenters. The van der Waals surface area contributed by atoms with E-state index in [1.807, 2.05) is 29.8 Å². The van der Waals surface area contributed by atoms with E-state index < -0.39 is 0 Å². The minimum atomic E-state index is 0.363. The first-order chi connectivity index (χ1) is 11.4. The van der Waals surface area contributed by atoms with Crippen molar-refractivity contribution in [1.29, 1.82) is 0 Å². The summed E-state index contributed by atoms with van der Waals surface area (Å²) in [7, 11) is 0. The van der Waals surface area contributed by atoms with Gasteiger partial charge in [-0.2, -0.15) is 0 Å². The molecule has 0 bridgehead atoms. The van der Waals surface area contributed by atoms with Crippen molar-refractivity contribution in [3.05, 3.63) is 52.5 Å². The summed E-state index contributed by atoms with van der Waals surface area (Å²) >= 11 is 1.86. The van der Waals surface area contributed by atoms with Gasteiger partial charge in [-0.15, -0.1) is 11.3 Å². The first kappa shape index (κ1) is 15.3. The van der Waals surface area contributed by atoms with Gasteiger partial charge in [-0.05, 0) is 29.5 Å². The van der Waals surface area contributed by atoms with Gasteiger partial charge in [0, 0.05) is 56.0 Å². The number of rotatable bonds is 5. The van der Waals surface area contributed by atoms with E-state index >= 15 is 0 Å². The van der Waals surface area contributed by atoms with Crippen LogP contribution in [-0.2, 0) is 17.9 Å². The number of fused-ring (bicyclic) bond motifs is 1. The third-order valence-electron chi connectivity index (χ3n) is 4.83. The third kappa shape index (κ3) is 3.80. The highest BCUT2D eigenvalue weighted by atomic mass is 32.1. The highest BCUT2D eigenvalue weighted by molar-refractivity contribution is 7.09. The molecular formula is C18H23N3OS. The number of pyridine rings is 1. The predicted octanol–water partition coefficient (Wildman–Crippen LogP) is 2.62. The van der Waals surface area contributed by atoms with E-state index in [0.29, 0.717) is 18.8 Å². The van der Waals surface area contributed by atoms with Gasteiger partial charge in [-0.25, -0.2) is 0 Å². The Hall–Kier alpha value is -1.27. The van der Waals surface area contributed by atoms with E-state index in [-0.39, 0.29) is 0 Å². The second kappa shape index (κ2) is 7.09. The van der Waals surface area contributed by atoms with Gasteiger partial charge in [0.05, 0.1) is 12.7 Å². The maximum atomic E-state index is 6.12. The average Bonchev–Trinajstić information content (AvgIpc) is 3.23. The van der Waals surface area contributed by atoms with Crippen LogP contribution in [0.4, 0.5) is 0 Å². The van der Waals surface area contributed by atoms with Crippen LogP contribution in [0.3, 0.4) is 0 Å². The van der Waals surface area contributed by atoms with Crippen molar-refractivity contribution in [2.45, 2.75) is 31.7 Å². The number of ether oxygens (including phenoxy) is 1. The first-order valence-corrected chi connectivity index (χ1v) is 9.24. The number of thiophene rings is 1. The Balaban J connectivity index is 1.27. The molecule has 4 rings (SSSR count). The molecule has 2 aliphatic rings. The molecule has 2 fully saturated rings. The van der Waals surface area contributed by atoms with Gasteiger partial charge in [-0.1, -0.05) is 12.1 Å². The summed E-state index contributed by atoms with van der Waals surface area (Å²) in [4.78, 5) is 10.8. The minimum Gasteiger partial charge on any atom is -0.372 e. The third-order valence-corrected chi connectivity index (χ3v) is 5.69. The molecule has 4 nitrogen and oxygen atoms in total. The fraction of sp³-hybridized carbons (Fsp3) is 0.500. The smallest absolute Gasteiger partial charge is 0.0736 e. The van der Waals surface area contributed by atoms with Crippen LogP contribution < -0.4 is 0 Å². The van der Waals surface area contributed by atoms with E-state index in [1.54, 1.807) is 0 Å². The van der Waals surface area contributed by atoms with Crippen molar-refractivity contribution in [3.8, 4) is 0 Å². The average molecular weight is 329 g/mol. The zero-order chi connectivity index (χ0) is 15.5. The highest BCUT2D eigenvalue weighted by Crippen LogP contribution is 2.26. The van der Waals surface area contributed by atoms with Gasteiger partial charge >= 0.3 is 0 Å². The van der Waals surface area contributed by atoms with E-state index in [0.717, 1.165) is 25.1 Å². The van der Waals surface area contributed by atoms with Crippen molar-refractivity contribution in [3.63, 3.8) is 0 Å². The molecule has 0 amide bonds. The fourth-order valence-electron chi connectivity index (χ4n) is 3.65. The van der Waals surface area contributed by atoms with Gasteiger partial charge in [0.25, 0.3) is 0 Å². The van der Waals surface area contributed by atoms with Gasteiger partial charge < -0.3 is 4.74 Å². The van der Waals surface area contributed by atoms with Crippen LogP contribution >= 0.6 is 11.3 Å². The van der Waals surface area contributed by atoms with Crippen LogP contribution in [0.1, 0.15) is 16.9 Å². The lowest BCUT2D eigenvalue weighted by Gasteiger charge is -2.37. The Morgan fingerprint density at radius 1 is 1.22 bits per heavy atom. The molecule has 122 valence electrons. The van der Waals surface area contributed by atoms with E-state index in [4.69, 9.17) is 4.74 Å². The lowest BCUT2D eigenvalue weighted by molar-refractivity contribution is 0.0457. The van der Waals surface area contributed by atoms with Crippen LogP contribution in [0.5, 0.6) is 0 Å². The van der Waals surface area contributed by atoms with Crippen molar-refractivity contribution in [2.75, 3.05) is 26.2 Å². The van der Waals surface area contributed by atoms with Gasteiger partial charge in [0.2, 0.25) is 0 Å². The van der Waals surface area contributed by atoms with Crippen molar-refractivity contribution < 1.29 is 4.74 Å². The molecule has 0 saturated carbocycles. The van der Waals surface area contributed by atoms with Gasteiger partial charge in [0.15, 0.2) is 0 Å². The molecule has 5 heteroatoms. The molecule has 0 N–H and O–H groups in total. The largest absolute Gasteiger partial charge is 0.372 e. The maximum Gasteiger partial charge on any atom is 0.0736 e. The van der Waals surface area contributed by atoms with E-state index in [9.17, 15) is 0 Å². The molecular weight excluding hydrogens is 306 g/mol. The number of hydrogen-bond acceptors (Lipinski definition) is 5. The summed E-state index contributed by atoms with van der Waals surface area (Å²) in [5.74, 6) is 0. The lowest BCUT2D eigenvalue weighted by atomic mass is 10.1. The van der Waals surface area contributed by atoms with Crippen molar-refractivity contribution in [1.82, 2.24) is 14.8 Å². The van der Waals surface area contributed by atoms with E-state index in [1.165, 1.54) is 24.5 Å². The summed E-state index contributed by atoms with van der Waals surface area (Å²) in [6.45, 7) is 6.37. The standard InChI is InChI=1S/C18H23N3OS/c1-3-15(10-19-5-1)14-22-17-9-16-11-20(6-7-21(16)12-17)13-18-4-2-8-23-18/h1-5,8,10,16-17H,6-7,9,11-14H2/t16-,17+/m0/s1. The molecule has 2 atom stereocenters. The summed E-state index contributed by atoms with van der Waals surface area (Å²) in [5.41, 5.74) is 1.16. The SMILES string of the molecule is c1cncc(CO[C@@H]2C[C@H]3CN(Cc4cccs4)CCN3C2)c1. The predicted molar refractivity (Wildman–Crippen MR) is 92.4 cm³/mol. The maximum absolute atomic E-state index is 6.12. The Kier molecular flexibility index (Phi) is 4.71. The van der Waals surface area contributed by atoms with Crippen molar-refractivity contribution >= 4 is 11.3 Å².